The second-order valence-corrected chi connectivity index (χ2v) is 16.9. The van der Waals surface area contributed by atoms with Crippen molar-refractivity contribution in [3.63, 3.8) is 0 Å². The molecule has 13 nitrogen and oxygen atoms in total. The number of ether oxygens (including phenoxy) is 1. The standard InChI is InChI=1S/C44H46ClN7O6/c45-38-24-34(9-3-29(38)25-46)58-35-21-32-6-7-33(22-35)51(32)30-4-1-28(2-5-30)42(55)50-19-17-48(18-20-50)26-27-13-15-49(16-14-27)31-8-10-36-37(23-31)44(57)52(43(36)56)39-11-12-40(53)47-41(39)54/h1-5,8-10,23-24,27,32-33,35,39H,6-7,11-22,26H2,(H,47,53,54)/t32-,33+,35?,39?. The number of anilines is 2. The summed E-state index contributed by atoms with van der Waals surface area (Å²) in [4.78, 5) is 74.3. The number of fused-ring (bicyclic) bond motifs is 3. The predicted molar refractivity (Wildman–Crippen MR) is 216 cm³/mol. The van der Waals surface area contributed by atoms with Crippen LogP contribution in [0.2, 0.25) is 5.02 Å². The topological polar surface area (TPSA) is 147 Å². The summed E-state index contributed by atoms with van der Waals surface area (Å²) >= 11 is 6.24. The van der Waals surface area contributed by atoms with E-state index >= 15 is 0 Å². The molecule has 14 heteroatoms. The number of nitrogens with zero attached hydrogens (tertiary/aromatic N) is 6. The second-order valence-electron chi connectivity index (χ2n) is 16.5. The summed E-state index contributed by atoms with van der Waals surface area (Å²) in [7, 11) is 0. The van der Waals surface area contributed by atoms with E-state index in [2.05, 4.69) is 38.2 Å². The van der Waals surface area contributed by atoms with Crippen molar-refractivity contribution in [1.29, 1.82) is 5.26 Å². The Labute approximate surface area is 342 Å². The van der Waals surface area contributed by atoms with Crippen LogP contribution in [0.15, 0.2) is 60.7 Å². The van der Waals surface area contributed by atoms with E-state index in [4.69, 9.17) is 16.3 Å². The van der Waals surface area contributed by atoms with Crippen molar-refractivity contribution in [3.8, 4) is 11.8 Å². The quantitative estimate of drug-likeness (QED) is 0.313. The second kappa shape index (κ2) is 15.7. The summed E-state index contributed by atoms with van der Waals surface area (Å²) in [6.07, 6.45) is 6.34. The molecule has 0 aromatic heterocycles. The Hall–Kier alpha value is -5.45. The molecule has 3 aromatic rings. The van der Waals surface area contributed by atoms with Gasteiger partial charge >= 0.3 is 0 Å². The van der Waals surface area contributed by atoms with E-state index in [9.17, 15) is 29.2 Å². The molecule has 0 aliphatic carbocycles. The zero-order valence-corrected chi connectivity index (χ0v) is 33.0. The fraction of sp³-hybridized carbons (Fsp3) is 0.455. The summed E-state index contributed by atoms with van der Waals surface area (Å²) in [5.41, 5.74) is 3.79. The van der Waals surface area contributed by atoms with Crippen LogP contribution < -0.4 is 19.9 Å². The SMILES string of the molecule is N#Cc1ccc(OC2C[C@H]3CC[C@@H](C2)N3c2ccc(C(=O)N3CCN(CC4CCN(c5ccc6c(c5)C(=O)N(C5CCC(=O)NC5=O)C6=O)CC4)CC3)cc2)cc1Cl. The van der Waals surface area contributed by atoms with Gasteiger partial charge in [0.25, 0.3) is 17.7 Å². The van der Waals surface area contributed by atoms with Crippen LogP contribution in [-0.4, -0.2) is 114 Å². The van der Waals surface area contributed by atoms with E-state index < -0.39 is 29.7 Å². The van der Waals surface area contributed by atoms with Gasteiger partial charge in [-0.15, -0.1) is 0 Å². The van der Waals surface area contributed by atoms with Gasteiger partial charge < -0.3 is 19.4 Å². The molecular formula is C44H46ClN7O6. The van der Waals surface area contributed by atoms with Crippen LogP contribution >= 0.6 is 11.6 Å². The maximum Gasteiger partial charge on any atom is 0.262 e. The van der Waals surface area contributed by atoms with Crippen molar-refractivity contribution in [3.05, 3.63) is 87.9 Å². The fourth-order valence-electron chi connectivity index (χ4n) is 9.98. The Kier molecular flexibility index (Phi) is 10.3. The van der Waals surface area contributed by atoms with Gasteiger partial charge in [-0.2, -0.15) is 5.26 Å². The smallest absolute Gasteiger partial charge is 0.262 e. The van der Waals surface area contributed by atoms with Crippen molar-refractivity contribution in [2.75, 3.05) is 55.6 Å². The summed E-state index contributed by atoms with van der Waals surface area (Å²) in [5, 5.41) is 11.8. The molecule has 5 amide bonds. The monoisotopic (exact) mass is 803 g/mol. The number of carbonyl (C=O) groups is 5. The third-order valence-electron chi connectivity index (χ3n) is 13.0. The Balaban J connectivity index is 0.729. The van der Waals surface area contributed by atoms with E-state index in [1.807, 2.05) is 29.2 Å². The molecule has 6 heterocycles. The maximum atomic E-state index is 13.6. The van der Waals surface area contributed by atoms with Crippen molar-refractivity contribution in [1.82, 2.24) is 20.0 Å². The summed E-state index contributed by atoms with van der Waals surface area (Å²) < 4.78 is 6.32. The van der Waals surface area contributed by atoms with Crippen molar-refractivity contribution in [2.45, 2.75) is 75.6 Å². The molecule has 4 atom stereocenters. The van der Waals surface area contributed by atoms with Crippen LogP contribution in [0.5, 0.6) is 5.75 Å². The van der Waals surface area contributed by atoms with E-state index in [1.165, 1.54) is 0 Å². The average molecular weight is 804 g/mol. The molecule has 1 N–H and O–H groups in total. The number of nitriles is 1. The number of benzene rings is 3. The van der Waals surface area contributed by atoms with Crippen LogP contribution in [0.3, 0.4) is 0 Å². The minimum atomic E-state index is -0.975. The number of carbonyl (C=O) groups excluding carboxylic acids is 5. The lowest BCUT2D eigenvalue weighted by Gasteiger charge is -2.40. The van der Waals surface area contributed by atoms with Gasteiger partial charge in [-0.1, -0.05) is 11.6 Å². The van der Waals surface area contributed by atoms with Gasteiger partial charge in [0.2, 0.25) is 11.8 Å². The van der Waals surface area contributed by atoms with Gasteiger partial charge in [-0.05, 0) is 92.6 Å². The first kappa shape index (κ1) is 38.1. The molecule has 3 aromatic carbocycles. The zero-order valence-electron chi connectivity index (χ0n) is 32.3. The zero-order chi connectivity index (χ0) is 40.1. The first-order valence-corrected chi connectivity index (χ1v) is 20.9. The first-order chi connectivity index (χ1) is 28.1. The highest BCUT2D eigenvalue weighted by Crippen LogP contribution is 2.41. The number of nitrogens with one attached hydrogen (secondary N) is 1. The van der Waals surface area contributed by atoms with Crippen molar-refractivity contribution >= 4 is 52.5 Å². The van der Waals surface area contributed by atoms with Crippen LogP contribution in [0, 0.1) is 17.2 Å². The summed E-state index contributed by atoms with van der Waals surface area (Å²) in [6.45, 7) is 5.70. The van der Waals surface area contributed by atoms with Gasteiger partial charge in [0.05, 0.1) is 21.7 Å². The number of piperidine rings is 3. The lowest BCUT2D eigenvalue weighted by atomic mass is 9.95. The van der Waals surface area contributed by atoms with Gasteiger partial charge in [0.1, 0.15) is 24.0 Å². The third-order valence-corrected chi connectivity index (χ3v) is 13.4. The molecule has 2 unspecified atom stereocenters. The molecule has 6 aliphatic rings. The van der Waals surface area contributed by atoms with E-state index in [1.54, 1.807) is 24.3 Å². The van der Waals surface area contributed by atoms with Crippen LogP contribution in [-0.2, 0) is 9.59 Å². The van der Waals surface area contributed by atoms with Gasteiger partial charge in [-0.25, -0.2) is 0 Å². The summed E-state index contributed by atoms with van der Waals surface area (Å²) in [5.74, 6) is -0.685. The van der Waals surface area contributed by atoms with Crippen LogP contribution in [0.1, 0.15) is 88.0 Å². The number of halogens is 1. The molecule has 0 spiro atoms. The molecule has 0 radical (unpaired) electrons. The number of hydrogen-bond donors (Lipinski definition) is 1. The van der Waals surface area contributed by atoms with E-state index in [0.717, 1.165) is 87.5 Å². The number of rotatable bonds is 8. The molecule has 5 fully saturated rings. The highest BCUT2D eigenvalue weighted by atomic mass is 35.5. The van der Waals surface area contributed by atoms with Crippen molar-refractivity contribution in [2.24, 2.45) is 5.92 Å². The summed E-state index contributed by atoms with van der Waals surface area (Å²) in [6, 6.07) is 20.6. The largest absolute Gasteiger partial charge is 0.490 e. The molecule has 300 valence electrons. The van der Waals surface area contributed by atoms with Gasteiger partial charge in [0, 0.05) is 100 Å². The van der Waals surface area contributed by atoms with Crippen LogP contribution in [0.4, 0.5) is 11.4 Å². The Bertz CT molecular complexity index is 2180. The molecule has 9 rings (SSSR count). The van der Waals surface area contributed by atoms with Crippen molar-refractivity contribution < 1.29 is 28.7 Å². The molecule has 58 heavy (non-hydrogen) atoms. The van der Waals surface area contributed by atoms with Gasteiger partial charge in [0.15, 0.2) is 0 Å². The highest BCUT2D eigenvalue weighted by molar-refractivity contribution is 6.31. The number of hydrogen-bond acceptors (Lipinski definition) is 10. The molecule has 5 saturated heterocycles. The molecular weight excluding hydrogens is 758 g/mol. The lowest BCUT2D eigenvalue weighted by Crippen LogP contribution is -2.54. The Morgan fingerprint density at radius 3 is 2.16 bits per heavy atom. The number of amides is 5. The Morgan fingerprint density at radius 1 is 0.793 bits per heavy atom. The van der Waals surface area contributed by atoms with E-state index in [-0.39, 0.29) is 24.9 Å². The minimum absolute atomic E-state index is 0.0745. The average Bonchev–Trinajstić information content (AvgIpc) is 3.65. The Morgan fingerprint density at radius 2 is 1.48 bits per heavy atom. The fourth-order valence-corrected chi connectivity index (χ4v) is 10.2. The maximum absolute atomic E-state index is 13.6. The molecule has 6 aliphatic heterocycles. The first-order valence-electron chi connectivity index (χ1n) is 20.5. The highest BCUT2D eigenvalue weighted by Gasteiger charge is 2.45. The van der Waals surface area contributed by atoms with Crippen LogP contribution in [0.25, 0.3) is 0 Å². The third kappa shape index (κ3) is 7.28. The lowest BCUT2D eigenvalue weighted by molar-refractivity contribution is -0.136. The number of imide groups is 2. The predicted octanol–water partition coefficient (Wildman–Crippen LogP) is 4.87. The number of piperazine rings is 1. The van der Waals surface area contributed by atoms with Gasteiger partial charge in [-0.3, -0.25) is 39.1 Å². The normalized spacial score (nSPS) is 25.2. The van der Waals surface area contributed by atoms with E-state index in [0.29, 0.717) is 64.1 Å². The molecule has 0 saturated carbocycles. The molecule has 2 bridgehead atoms. The minimum Gasteiger partial charge on any atom is -0.490 e.